The minimum Gasteiger partial charge on any atom is -0.507 e. The zero-order valence-corrected chi connectivity index (χ0v) is 8.12. The lowest BCUT2D eigenvalue weighted by Crippen LogP contribution is -1.81. The largest absolute Gasteiger partial charge is 0.507 e. The van der Waals surface area contributed by atoms with Crippen molar-refractivity contribution in [2.24, 2.45) is 0 Å². The molecule has 0 saturated heterocycles. The molecule has 0 atom stereocenters. The molecule has 0 fully saturated rings. The van der Waals surface area contributed by atoms with Crippen molar-refractivity contribution in [3.63, 3.8) is 0 Å². The van der Waals surface area contributed by atoms with E-state index in [1.807, 2.05) is 17.5 Å². The van der Waals surface area contributed by atoms with Crippen LogP contribution in [0, 0.1) is 0 Å². The van der Waals surface area contributed by atoms with Crippen LogP contribution in [-0.2, 0) is 0 Å². The Hall–Kier alpha value is -1.61. The summed E-state index contributed by atoms with van der Waals surface area (Å²) in [5.74, 6) is 0.207. The van der Waals surface area contributed by atoms with Gasteiger partial charge in [0.1, 0.15) is 12.0 Å². The highest BCUT2D eigenvalue weighted by atomic mass is 32.1. The molecule has 0 aliphatic heterocycles. The Kier molecular flexibility index (Phi) is 2.33. The van der Waals surface area contributed by atoms with Gasteiger partial charge in [-0.25, -0.2) is 0 Å². The van der Waals surface area contributed by atoms with Crippen molar-refractivity contribution in [3.05, 3.63) is 41.3 Å². The van der Waals surface area contributed by atoms with Crippen LogP contribution in [0.3, 0.4) is 0 Å². The Morgan fingerprint density at radius 3 is 2.79 bits per heavy atom. The van der Waals surface area contributed by atoms with Gasteiger partial charge in [0.2, 0.25) is 0 Å². The number of aldehydes is 1. The molecule has 70 valence electrons. The standard InChI is InChI=1S/C11H8O2S/c12-7-8-3-4-10(13)9(6-8)11-2-1-5-14-11/h1-7,13H. The van der Waals surface area contributed by atoms with Crippen molar-refractivity contribution >= 4 is 17.6 Å². The van der Waals surface area contributed by atoms with Crippen LogP contribution in [0.5, 0.6) is 5.75 Å². The summed E-state index contributed by atoms with van der Waals surface area (Å²) in [4.78, 5) is 11.5. The molecule has 1 aromatic heterocycles. The second-order valence-corrected chi connectivity index (χ2v) is 3.82. The van der Waals surface area contributed by atoms with Crippen LogP contribution in [-0.4, -0.2) is 11.4 Å². The lowest BCUT2D eigenvalue weighted by Gasteiger charge is -2.01. The number of aromatic hydroxyl groups is 1. The van der Waals surface area contributed by atoms with E-state index in [2.05, 4.69) is 0 Å². The zero-order valence-electron chi connectivity index (χ0n) is 7.31. The summed E-state index contributed by atoms with van der Waals surface area (Å²) >= 11 is 1.53. The van der Waals surface area contributed by atoms with Gasteiger partial charge >= 0.3 is 0 Å². The van der Waals surface area contributed by atoms with Crippen LogP contribution < -0.4 is 0 Å². The number of rotatable bonds is 2. The molecule has 1 aromatic carbocycles. The highest BCUT2D eigenvalue weighted by molar-refractivity contribution is 7.13. The van der Waals surface area contributed by atoms with Crippen LogP contribution in [0.15, 0.2) is 35.7 Å². The van der Waals surface area contributed by atoms with Crippen LogP contribution in [0.4, 0.5) is 0 Å². The maximum Gasteiger partial charge on any atom is 0.150 e. The smallest absolute Gasteiger partial charge is 0.150 e. The van der Waals surface area contributed by atoms with E-state index in [1.165, 1.54) is 11.3 Å². The van der Waals surface area contributed by atoms with E-state index in [9.17, 15) is 9.90 Å². The Morgan fingerprint density at radius 2 is 2.14 bits per heavy atom. The number of carbonyl (C=O) groups is 1. The third-order valence-electron chi connectivity index (χ3n) is 1.94. The number of hydrogen-bond acceptors (Lipinski definition) is 3. The van der Waals surface area contributed by atoms with Gasteiger partial charge in [-0.3, -0.25) is 4.79 Å². The Bertz CT molecular complexity index is 446. The normalized spacial score (nSPS) is 10.0. The van der Waals surface area contributed by atoms with Gasteiger partial charge in [0, 0.05) is 16.0 Å². The van der Waals surface area contributed by atoms with Gasteiger partial charge in [-0.1, -0.05) is 6.07 Å². The van der Waals surface area contributed by atoms with Gasteiger partial charge in [0.15, 0.2) is 0 Å². The first-order valence-corrected chi connectivity index (χ1v) is 5.01. The molecule has 0 saturated carbocycles. The van der Waals surface area contributed by atoms with E-state index in [1.54, 1.807) is 18.2 Å². The number of phenols is 1. The summed E-state index contributed by atoms with van der Waals surface area (Å²) in [5.41, 5.74) is 1.29. The first-order chi connectivity index (χ1) is 6.81. The fourth-order valence-electron chi connectivity index (χ4n) is 1.26. The van der Waals surface area contributed by atoms with Gasteiger partial charge in [0.25, 0.3) is 0 Å². The van der Waals surface area contributed by atoms with Crippen molar-refractivity contribution in [2.75, 3.05) is 0 Å². The van der Waals surface area contributed by atoms with Gasteiger partial charge in [-0.2, -0.15) is 0 Å². The molecule has 0 amide bonds. The molecule has 1 N–H and O–H groups in total. The van der Waals surface area contributed by atoms with Crippen LogP contribution in [0.2, 0.25) is 0 Å². The second kappa shape index (κ2) is 3.64. The van der Waals surface area contributed by atoms with E-state index >= 15 is 0 Å². The molecule has 1 heterocycles. The lowest BCUT2D eigenvalue weighted by molar-refractivity contribution is 0.112. The highest BCUT2D eigenvalue weighted by Gasteiger charge is 2.05. The molecule has 2 aromatic rings. The molecule has 0 bridgehead atoms. The molecule has 0 unspecified atom stereocenters. The maximum atomic E-state index is 10.6. The molecule has 0 aliphatic carbocycles. The number of carbonyl (C=O) groups excluding carboxylic acids is 1. The average Bonchev–Trinajstić information content (AvgIpc) is 2.71. The monoisotopic (exact) mass is 204 g/mol. The third-order valence-corrected chi connectivity index (χ3v) is 2.85. The van der Waals surface area contributed by atoms with E-state index in [0.717, 1.165) is 11.2 Å². The Labute approximate surface area is 85.4 Å². The fraction of sp³-hybridized carbons (Fsp3) is 0. The SMILES string of the molecule is O=Cc1ccc(O)c(-c2cccs2)c1. The molecule has 0 spiro atoms. The first kappa shape index (κ1) is 8.97. The summed E-state index contributed by atoms with van der Waals surface area (Å²) in [6, 6.07) is 8.65. The van der Waals surface area contributed by atoms with Crippen molar-refractivity contribution in [2.45, 2.75) is 0 Å². The fourth-order valence-corrected chi connectivity index (χ4v) is 2.01. The van der Waals surface area contributed by atoms with Crippen LogP contribution >= 0.6 is 11.3 Å². The predicted molar refractivity (Wildman–Crippen MR) is 56.8 cm³/mol. The molecule has 2 nitrogen and oxygen atoms in total. The van der Waals surface area contributed by atoms with Gasteiger partial charge in [-0.15, -0.1) is 11.3 Å². The molecule has 3 heteroatoms. The molecule has 0 radical (unpaired) electrons. The van der Waals surface area contributed by atoms with E-state index < -0.39 is 0 Å². The predicted octanol–water partition coefficient (Wildman–Crippen LogP) is 2.93. The van der Waals surface area contributed by atoms with E-state index in [-0.39, 0.29) is 5.75 Å². The van der Waals surface area contributed by atoms with Crippen LogP contribution in [0.1, 0.15) is 10.4 Å². The summed E-state index contributed by atoms with van der Waals surface area (Å²) in [7, 11) is 0. The minimum atomic E-state index is 0.207. The summed E-state index contributed by atoms with van der Waals surface area (Å²) in [5, 5.41) is 11.5. The molecule has 14 heavy (non-hydrogen) atoms. The van der Waals surface area contributed by atoms with E-state index in [4.69, 9.17) is 0 Å². The van der Waals surface area contributed by atoms with Gasteiger partial charge in [-0.05, 0) is 29.6 Å². The van der Waals surface area contributed by atoms with Crippen molar-refractivity contribution < 1.29 is 9.90 Å². The second-order valence-electron chi connectivity index (χ2n) is 2.87. The van der Waals surface area contributed by atoms with Crippen molar-refractivity contribution in [1.29, 1.82) is 0 Å². The topological polar surface area (TPSA) is 37.3 Å². The maximum absolute atomic E-state index is 10.6. The average molecular weight is 204 g/mol. The molecular formula is C11H8O2S. The Morgan fingerprint density at radius 1 is 1.29 bits per heavy atom. The van der Waals surface area contributed by atoms with Crippen LogP contribution in [0.25, 0.3) is 10.4 Å². The lowest BCUT2D eigenvalue weighted by atomic mass is 10.1. The highest BCUT2D eigenvalue weighted by Crippen LogP contribution is 2.32. The summed E-state index contributed by atoms with van der Waals surface area (Å²) in [6.45, 7) is 0. The van der Waals surface area contributed by atoms with Gasteiger partial charge < -0.3 is 5.11 Å². The quantitative estimate of drug-likeness (QED) is 0.763. The number of hydrogen-bond donors (Lipinski definition) is 1. The first-order valence-electron chi connectivity index (χ1n) is 4.13. The summed E-state index contributed by atoms with van der Waals surface area (Å²) < 4.78 is 0. The summed E-state index contributed by atoms with van der Waals surface area (Å²) in [6.07, 6.45) is 0.774. The molecule has 0 aliphatic rings. The third kappa shape index (κ3) is 1.54. The zero-order chi connectivity index (χ0) is 9.97. The number of phenolic OH excluding ortho intramolecular Hbond substituents is 1. The number of thiophene rings is 1. The Balaban J connectivity index is 2.57. The molecular weight excluding hydrogens is 196 g/mol. The number of benzene rings is 1. The van der Waals surface area contributed by atoms with Crippen molar-refractivity contribution in [1.82, 2.24) is 0 Å². The van der Waals surface area contributed by atoms with Crippen molar-refractivity contribution in [3.8, 4) is 16.2 Å². The van der Waals surface area contributed by atoms with E-state index in [0.29, 0.717) is 11.1 Å². The molecule has 2 rings (SSSR count). The minimum absolute atomic E-state index is 0.207. The van der Waals surface area contributed by atoms with Gasteiger partial charge in [0.05, 0.1) is 0 Å².